The molecule has 0 aliphatic rings. The summed E-state index contributed by atoms with van der Waals surface area (Å²) in [5.41, 5.74) is 0.289. The minimum Gasteiger partial charge on any atom is -0.508 e. The van der Waals surface area contributed by atoms with Gasteiger partial charge in [0.25, 0.3) is 0 Å². The Morgan fingerprint density at radius 2 is 2.05 bits per heavy atom. The molecule has 3 N–H and O–H groups in total. The number of hydrogen-bond donors (Lipinski definition) is 3. The first kappa shape index (κ1) is 15.3. The number of carbonyl (C=O) groups excluding carboxylic acids is 1. The molecule has 6 heteroatoms. The molecule has 0 heterocycles. The van der Waals surface area contributed by atoms with Gasteiger partial charge in [-0.05, 0) is 19.1 Å². The third-order valence-corrected chi connectivity index (χ3v) is 2.58. The summed E-state index contributed by atoms with van der Waals surface area (Å²) < 4.78 is 9.70. The van der Waals surface area contributed by atoms with Gasteiger partial charge in [0.2, 0.25) is 0 Å². The second-order valence-electron chi connectivity index (χ2n) is 3.95. The van der Waals surface area contributed by atoms with Crippen LogP contribution in [0.1, 0.15) is 25.0 Å². The number of aliphatic hydroxyl groups is 2. The van der Waals surface area contributed by atoms with Crippen molar-refractivity contribution in [3.8, 4) is 11.5 Å². The van der Waals surface area contributed by atoms with Crippen LogP contribution < -0.4 is 4.74 Å². The molecular weight excluding hydrogens is 252 g/mol. The van der Waals surface area contributed by atoms with Gasteiger partial charge in [-0.1, -0.05) is 0 Å². The van der Waals surface area contributed by atoms with Crippen LogP contribution in [0, 0.1) is 0 Å². The van der Waals surface area contributed by atoms with Crippen LogP contribution in [0.3, 0.4) is 0 Å². The second kappa shape index (κ2) is 6.96. The molecule has 19 heavy (non-hydrogen) atoms. The summed E-state index contributed by atoms with van der Waals surface area (Å²) in [4.78, 5) is 11.2. The third kappa shape index (κ3) is 4.11. The van der Waals surface area contributed by atoms with Crippen LogP contribution in [-0.2, 0) is 9.53 Å². The number of aromatic hydroxyl groups is 1. The molecule has 0 saturated carbocycles. The van der Waals surface area contributed by atoms with Crippen LogP contribution in [0.25, 0.3) is 0 Å². The third-order valence-electron chi connectivity index (χ3n) is 2.58. The molecule has 1 aromatic rings. The summed E-state index contributed by atoms with van der Waals surface area (Å²) in [5, 5.41) is 29.1. The average Bonchev–Trinajstić information content (AvgIpc) is 2.37. The van der Waals surface area contributed by atoms with Crippen molar-refractivity contribution in [3.63, 3.8) is 0 Å². The molecular formula is C13H18O6. The SMILES string of the molecule is CCOC(=O)CC(O)C(O)c1ccc(O)cc1OC. The van der Waals surface area contributed by atoms with E-state index in [1.807, 2.05) is 0 Å². The van der Waals surface area contributed by atoms with Gasteiger partial charge in [-0.25, -0.2) is 0 Å². The number of methoxy groups -OCH3 is 1. The number of phenols is 1. The van der Waals surface area contributed by atoms with Crippen LogP contribution >= 0.6 is 0 Å². The lowest BCUT2D eigenvalue weighted by Crippen LogP contribution is -2.23. The Balaban J connectivity index is 2.81. The molecule has 0 bridgehead atoms. The molecule has 0 fully saturated rings. The van der Waals surface area contributed by atoms with Crippen molar-refractivity contribution in [1.82, 2.24) is 0 Å². The Morgan fingerprint density at radius 1 is 1.37 bits per heavy atom. The fourth-order valence-corrected chi connectivity index (χ4v) is 1.65. The Morgan fingerprint density at radius 3 is 2.63 bits per heavy atom. The van der Waals surface area contributed by atoms with Gasteiger partial charge < -0.3 is 24.8 Å². The van der Waals surface area contributed by atoms with Crippen LogP contribution in [0.5, 0.6) is 11.5 Å². The minimum atomic E-state index is -1.31. The molecule has 0 aliphatic carbocycles. The van der Waals surface area contributed by atoms with Gasteiger partial charge in [0, 0.05) is 11.6 Å². The van der Waals surface area contributed by atoms with Gasteiger partial charge in [0.05, 0.1) is 26.2 Å². The van der Waals surface area contributed by atoms with Crippen molar-refractivity contribution in [1.29, 1.82) is 0 Å². The molecule has 106 valence electrons. The minimum absolute atomic E-state index is 0.0207. The fraction of sp³-hybridized carbons (Fsp3) is 0.462. The molecule has 1 aromatic carbocycles. The second-order valence-corrected chi connectivity index (χ2v) is 3.95. The highest BCUT2D eigenvalue weighted by molar-refractivity contribution is 5.70. The number of hydrogen-bond acceptors (Lipinski definition) is 6. The van der Waals surface area contributed by atoms with Crippen LogP contribution in [-0.4, -0.2) is 41.1 Å². The number of carbonyl (C=O) groups is 1. The quantitative estimate of drug-likeness (QED) is 0.660. The van der Waals surface area contributed by atoms with Gasteiger partial charge in [-0.3, -0.25) is 4.79 Å². The average molecular weight is 270 g/mol. The van der Waals surface area contributed by atoms with E-state index in [1.54, 1.807) is 6.92 Å². The van der Waals surface area contributed by atoms with Crippen molar-refractivity contribution in [3.05, 3.63) is 23.8 Å². The zero-order valence-corrected chi connectivity index (χ0v) is 10.9. The number of esters is 1. The summed E-state index contributed by atoms with van der Waals surface area (Å²) >= 11 is 0. The predicted molar refractivity (Wildman–Crippen MR) is 66.9 cm³/mol. The molecule has 0 aliphatic heterocycles. The monoisotopic (exact) mass is 270 g/mol. The Hall–Kier alpha value is -1.79. The maximum absolute atomic E-state index is 11.2. The van der Waals surface area contributed by atoms with E-state index in [0.717, 1.165) is 0 Å². The standard InChI is InChI=1S/C13H18O6/c1-3-19-12(16)7-10(15)13(17)9-5-4-8(14)6-11(9)18-2/h4-6,10,13-15,17H,3,7H2,1-2H3. The normalized spacial score (nSPS) is 13.7. The summed E-state index contributed by atoms with van der Waals surface area (Å²) in [6.07, 6.45) is -2.93. The molecule has 6 nitrogen and oxygen atoms in total. The Kier molecular flexibility index (Phi) is 5.59. The van der Waals surface area contributed by atoms with Crippen LogP contribution in [0.4, 0.5) is 0 Å². The zero-order valence-electron chi connectivity index (χ0n) is 10.9. The van der Waals surface area contributed by atoms with Crippen molar-refractivity contribution < 1.29 is 29.6 Å². The molecule has 0 saturated heterocycles. The van der Waals surface area contributed by atoms with Crippen molar-refractivity contribution in [2.45, 2.75) is 25.6 Å². The maximum Gasteiger partial charge on any atom is 0.308 e. The van der Waals surface area contributed by atoms with Gasteiger partial charge in [0.15, 0.2) is 0 Å². The predicted octanol–water partition coefficient (Wildman–Crippen LogP) is 0.748. The first-order chi connectivity index (χ1) is 8.99. The van der Waals surface area contributed by atoms with E-state index in [0.29, 0.717) is 0 Å². The highest BCUT2D eigenvalue weighted by atomic mass is 16.5. The van der Waals surface area contributed by atoms with Crippen molar-refractivity contribution in [2.75, 3.05) is 13.7 Å². The topological polar surface area (TPSA) is 96.2 Å². The van der Waals surface area contributed by atoms with Gasteiger partial charge >= 0.3 is 5.97 Å². The number of rotatable bonds is 6. The molecule has 1 rings (SSSR count). The lowest BCUT2D eigenvalue weighted by Gasteiger charge is -2.19. The molecule has 2 unspecified atom stereocenters. The van der Waals surface area contributed by atoms with Crippen molar-refractivity contribution in [2.24, 2.45) is 0 Å². The van der Waals surface area contributed by atoms with E-state index in [4.69, 9.17) is 9.47 Å². The van der Waals surface area contributed by atoms with Gasteiger partial charge in [0.1, 0.15) is 17.6 Å². The summed E-state index contributed by atoms with van der Waals surface area (Å²) in [7, 11) is 1.38. The lowest BCUT2D eigenvalue weighted by atomic mass is 10.0. The molecule has 0 aromatic heterocycles. The highest BCUT2D eigenvalue weighted by Gasteiger charge is 2.24. The maximum atomic E-state index is 11.2. The summed E-state index contributed by atoms with van der Waals surface area (Å²) in [5.74, 6) is -0.380. The fourth-order valence-electron chi connectivity index (χ4n) is 1.65. The smallest absolute Gasteiger partial charge is 0.308 e. The van der Waals surface area contributed by atoms with Crippen LogP contribution in [0.2, 0.25) is 0 Å². The zero-order chi connectivity index (χ0) is 14.4. The van der Waals surface area contributed by atoms with E-state index in [9.17, 15) is 20.1 Å². The summed E-state index contributed by atoms with van der Waals surface area (Å²) in [6.45, 7) is 1.87. The molecule has 0 spiro atoms. The number of benzene rings is 1. The van der Waals surface area contributed by atoms with E-state index in [2.05, 4.69) is 0 Å². The molecule has 2 atom stereocenters. The lowest BCUT2D eigenvalue weighted by molar-refractivity contribution is -0.147. The summed E-state index contributed by atoms with van der Waals surface area (Å²) in [6, 6.07) is 4.10. The van der Waals surface area contributed by atoms with E-state index in [1.165, 1.54) is 25.3 Å². The Bertz CT molecular complexity index is 431. The van der Waals surface area contributed by atoms with E-state index < -0.39 is 18.2 Å². The molecule has 0 amide bonds. The van der Waals surface area contributed by atoms with Gasteiger partial charge in [-0.15, -0.1) is 0 Å². The number of aliphatic hydroxyl groups excluding tert-OH is 2. The number of phenolic OH excluding ortho intramolecular Hbond substituents is 1. The van der Waals surface area contributed by atoms with Crippen molar-refractivity contribution >= 4 is 5.97 Å². The Labute approximate surface area is 111 Å². The highest BCUT2D eigenvalue weighted by Crippen LogP contribution is 2.31. The molecule has 0 radical (unpaired) electrons. The first-order valence-electron chi connectivity index (χ1n) is 5.88. The largest absolute Gasteiger partial charge is 0.508 e. The van der Waals surface area contributed by atoms with E-state index in [-0.39, 0.29) is 30.1 Å². The number of ether oxygens (including phenoxy) is 2. The van der Waals surface area contributed by atoms with Gasteiger partial charge in [-0.2, -0.15) is 0 Å². The first-order valence-corrected chi connectivity index (χ1v) is 5.88. The van der Waals surface area contributed by atoms with Crippen LogP contribution in [0.15, 0.2) is 18.2 Å². The van der Waals surface area contributed by atoms with E-state index >= 15 is 0 Å².